The number of amides is 2. The highest BCUT2D eigenvalue weighted by atomic mass is 32.2. The van der Waals surface area contributed by atoms with E-state index in [0.29, 0.717) is 4.91 Å². The summed E-state index contributed by atoms with van der Waals surface area (Å²) in [6.07, 6.45) is 3.68. The summed E-state index contributed by atoms with van der Waals surface area (Å²) >= 11 is 0.844. The number of aromatic nitrogens is 1. The van der Waals surface area contributed by atoms with Gasteiger partial charge in [0, 0.05) is 29.2 Å². The minimum Gasteiger partial charge on any atom is -0.459 e. The number of aryl methyl sites for hydroxylation is 1. The molecule has 1 aromatic heterocycles. The maximum Gasteiger partial charge on any atom is 0.326 e. The van der Waals surface area contributed by atoms with Crippen LogP contribution in [0.3, 0.4) is 0 Å². The molecule has 1 saturated heterocycles. The van der Waals surface area contributed by atoms with Crippen LogP contribution in [0.5, 0.6) is 0 Å². The number of rotatable bonds is 4. The summed E-state index contributed by atoms with van der Waals surface area (Å²) in [6.45, 7) is 7.68. The first kappa shape index (κ1) is 19.2. The van der Waals surface area contributed by atoms with E-state index in [0.717, 1.165) is 39.7 Å². The number of hydrogen-bond acceptors (Lipinski definition) is 5. The topological polar surface area (TPSA) is 68.6 Å². The summed E-state index contributed by atoms with van der Waals surface area (Å²) < 4.78 is 7.30. The first-order valence-electron chi connectivity index (χ1n) is 8.74. The van der Waals surface area contributed by atoms with Crippen LogP contribution < -0.4 is 0 Å². The van der Waals surface area contributed by atoms with E-state index in [1.807, 2.05) is 37.4 Å². The number of hydrogen-bond donors (Lipinski definition) is 0. The molecule has 0 saturated carbocycles. The van der Waals surface area contributed by atoms with E-state index in [1.165, 1.54) is 0 Å². The van der Waals surface area contributed by atoms with Crippen molar-refractivity contribution in [3.63, 3.8) is 0 Å². The zero-order chi connectivity index (χ0) is 19.8. The normalized spacial score (nSPS) is 16.6. The Morgan fingerprint density at radius 2 is 1.93 bits per heavy atom. The fourth-order valence-corrected chi connectivity index (χ4v) is 3.76. The molecule has 1 aromatic carbocycles. The highest BCUT2D eigenvalue weighted by Crippen LogP contribution is 2.34. The molecular formula is C20H22N2O4S. The molecule has 2 aromatic rings. The highest BCUT2D eigenvalue weighted by Gasteiger charge is 2.37. The maximum atomic E-state index is 12.6. The maximum absolute atomic E-state index is 12.6. The minimum absolute atomic E-state index is 0.308. The van der Waals surface area contributed by atoms with Gasteiger partial charge in [0.15, 0.2) is 0 Å². The molecule has 1 aliphatic rings. The van der Waals surface area contributed by atoms with Gasteiger partial charge >= 0.3 is 5.97 Å². The van der Waals surface area contributed by atoms with E-state index < -0.39 is 22.7 Å². The second kappa shape index (κ2) is 7.23. The molecule has 0 radical (unpaired) electrons. The molecule has 3 rings (SSSR count). The number of imide groups is 1. The van der Waals surface area contributed by atoms with Gasteiger partial charge in [0.05, 0.1) is 4.91 Å². The fraction of sp³-hybridized carbons (Fsp3) is 0.350. The van der Waals surface area contributed by atoms with Crippen LogP contribution >= 0.6 is 11.8 Å². The number of thioether (sulfide) groups is 1. The van der Waals surface area contributed by atoms with Crippen LogP contribution in [0.25, 0.3) is 17.0 Å². The number of carbonyl (C=O) groups is 3. The highest BCUT2D eigenvalue weighted by molar-refractivity contribution is 8.18. The number of fused-ring (bicyclic) bond motifs is 1. The Bertz CT molecular complexity index is 953. The lowest BCUT2D eigenvalue weighted by Crippen LogP contribution is -2.37. The monoisotopic (exact) mass is 386 g/mol. The van der Waals surface area contributed by atoms with Crippen LogP contribution in [-0.4, -0.2) is 38.7 Å². The lowest BCUT2D eigenvalue weighted by atomic mass is 10.1. The molecule has 7 heteroatoms. The molecule has 2 amide bonds. The predicted molar refractivity (Wildman–Crippen MR) is 106 cm³/mol. The molecule has 142 valence electrons. The van der Waals surface area contributed by atoms with Crippen LogP contribution in [0.1, 0.15) is 33.3 Å². The number of esters is 1. The summed E-state index contributed by atoms with van der Waals surface area (Å²) in [5.41, 5.74) is 1.27. The molecule has 6 nitrogen and oxygen atoms in total. The fourth-order valence-electron chi connectivity index (χ4n) is 2.93. The van der Waals surface area contributed by atoms with Gasteiger partial charge in [0.25, 0.3) is 11.1 Å². The molecule has 0 bridgehead atoms. The number of ether oxygens (including phenoxy) is 1. The average Bonchev–Trinajstić information content (AvgIpc) is 3.06. The first-order chi connectivity index (χ1) is 12.7. The van der Waals surface area contributed by atoms with Crippen molar-refractivity contribution in [1.82, 2.24) is 9.47 Å². The Balaban J connectivity index is 1.86. The minimum atomic E-state index is -0.670. The summed E-state index contributed by atoms with van der Waals surface area (Å²) in [5, 5.41) is 0.551. The van der Waals surface area contributed by atoms with Crippen molar-refractivity contribution < 1.29 is 19.1 Å². The molecule has 0 atom stereocenters. The zero-order valence-corrected chi connectivity index (χ0v) is 16.6. The number of nitrogens with zero attached hydrogens (tertiary/aromatic N) is 2. The van der Waals surface area contributed by atoms with Crippen molar-refractivity contribution in [3.8, 4) is 0 Å². The van der Waals surface area contributed by atoms with E-state index >= 15 is 0 Å². The second-order valence-corrected chi connectivity index (χ2v) is 8.24. The van der Waals surface area contributed by atoms with Gasteiger partial charge in [-0.2, -0.15) is 0 Å². The molecule has 0 unspecified atom stereocenters. The zero-order valence-electron chi connectivity index (χ0n) is 15.8. The van der Waals surface area contributed by atoms with E-state index in [2.05, 4.69) is 4.57 Å². The van der Waals surface area contributed by atoms with Crippen molar-refractivity contribution in [2.24, 2.45) is 0 Å². The Morgan fingerprint density at radius 3 is 2.59 bits per heavy atom. The van der Waals surface area contributed by atoms with Crippen LogP contribution in [0, 0.1) is 0 Å². The van der Waals surface area contributed by atoms with Crippen LogP contribution in [0.4, 0.5) is 4.79 Å². The summed E-state index contributed by atoms with van der Waals surface area (Å²) in [7, 11) is 0. The predicted octanol–water partition coefficient (Wildman–Crippen LogP) is 4.04. The van der Waals surface area contributed by atoms with Gasteiger partial charge in [-0.1, -0.05) is 18.2 Å². The lowest BCUT2D eigenvalue weighted by Gasteiger charge is -2.21. The third-order valence-corrected chi connectivity index (χ3v) is 4.93. The van der Waals surface area contributed by atoms with E-state index in [-0.39, 0.29) is 6.54 Å². The summed E-state index contributed by atoms with van der Waals surface area (Å²) in [4.78, 5) is 38.1. The van der Waals surface area contributed by atoms with Crippen molar-refractivity contribution in [1.29, 1.82) is 0 Å². The Labute approximate surface area is 162 Å². The molecule has 0 N–H and O–H groups in total. The van der Waals surface area contributed by atoms with Crippen LogP contribution in [0.2, 0.25) is 0 Å². The SMILES string of the molecule is CCn1cc(/C=C2\SC(=O)N(CC(=O)OC(C)(C)C)C2=O)c2ccccc21. The van der Waals surface area contributed by atoms with E-state index in [9.17, 15) is 14.4 Å². The Morgan fingerprint density at radius 1 is 1.22 bits per heavy atom. The lowest BCUT2D eigenvalue weighted by molar-refractivity contribution is -0.156. The molecular weight excluding hydrogens is 364 g/mol. The molecule has 1 aliphatic heterocycles. The number of carbonyl (C=O) groups excluding carboxylic acids is 3. The summed E-state index contributed by atoms with van der Waals surface area (Å²) in [6, 6.07) is 7.91. The molecule has 2 heterocycles. The standard InChI is InChI=1S/C20H22N2O4S/c1-5-21-11-13(14-8-6-7-9-15(14)21)10-16-18(24)22(19(25)27-16)12-17(23)26-20(2,3)4/h6-11H,5,12H2,1-4H3/b16-10-. The number of para-hydroxylation sites is 1. The van der Waals surface area contributed by atoms with Gasteiger partial charge in [-0.15, -0.1) is 0 Å². The van der Waals surface area contributed by atoms with Crippen molar-refractivity contribution in [2.45, 2.75) is 39.8 Å². The van der Waals surface area contributed by atoms with Gasteiger partial charge in [0.2, 0.25) is 0 Å². The van der Waals surface area contributed by atoms with Gasteiger partial charge < -0.3 is 9.30 Å². The van der Waals surface area contributed by atoms with Gasteiger partial charge in [-0.25, -0.2) is 0 Å². The van der Waals surface area contributed by atoms with Crippen LogP contribution in [-0.2, 0) is 20.9 Å². The third kappa shape index (κ3) is 4.08. The summed E-state index contributed by atoms with van der Waals surface area (Å²) in [5.74, 6) is -1.07. The smallest absolute Gasteiger partial charge is 0.326 e. The van der Waals surface area contributed by atoms with Gasteiger partial charge in [-0.3, -0.25) is 19.3 Å². The molecule has 1 fully saturated rings. The quantitative estimate of drug-likeness (QED) is 0.586. The van der Waals surface area contributed by atoms with Gasteiger partial charge in [0.1, 0.15) is 12.1 Å². The van der Waals surface area contributed by atoms with E-state index in [4.69, 9.17) is 4.74 Å². The number of benzene rings is 1. The Hall–Kier alpha value is -2.54. The third-order valence-electron chi connectivity index (χ3n) is 4.03. The largest absolute Gasteiger partial charge is 0.459 e. The van der Waals surface area contributed by atoms with Crippen molar-refractivity contribution in [3.05, 3.63) is 40.9 Å². The Kier molecular flexibility index (Phi) is 5.15. The van der Waals surface area contributed by atoms with Crippen LogP contribution in [0.15, 0.2) is 35.4 Å². The average molecular weight is 386 g/mol. The van der Waals surface area contributed by atoms with Gasteiger partial charge in [-0.05, 0) is 51.6 Å². The second-order valence-electron chi connectivity index (χ2n) is 7.24. The van der Waals surface area contributed by atoms with Crippen molar-refractivity contribution >= 4 is 45.9 Å². The molecule has 0 spiro atoms. The van der Waals surface area contributed by atoms with Crippen molar-refractivity contribution in [2.75, 3.05) is 6.54 Å². The van der Waals surface area contributed by atoms with E-state index in [1.54, 1.807) is 26.8 Å². The first-order valence-corrected chi connectivity index (χ1v) is 9.56. The molecule has 27 heavy (non-hydrogen) atoms. The molecule has 0 aliphatic carbocycles.